The first-order valence-electron chi connectivity index (χ1n) is 7.03. The molecule has 0 aromatic heterocycles. The Bertz CT molecular complexity index is 249. The smallest absolute Gasteiger partial charge is 0.305 e. The van der Waals surface area contributed by atoms with Crippen LogP contribution in [0.25, 0.3) is 0 Å². The lowest BCUT2D eigenvalue weighted by Gasteiger charge is -2.44. The number of carbonyl (C=O) groups is 1. The molecule has 1 rings (SSSR count). The SMILES string of the molecule is COCCCCN(C)C1(CC(=O)O)CCCCC1. The first-order chi connectivity index (χ1) is 8.60. The summed E-state index contributed by atoms with van der Waals surface area (Å²) in [6, 6.07) is 0. The van der Waals surface area contributed by atoms with Gasteiger partial charge >= 0.3 is 5.97 Å². The van der Waals surface area contributed by atoms with Crippen molar-refractivity contribution in [1.82, 2.24) is 4.90 Å². The first-order valence-corrected chi connectivity index (χ1v) is 7.03. The van der Waals surface area contributed by atoms with Crippen molar-refractivity contribution in [2.24, 2.45) is 0 Å². The highest BCUT2D eigenvalue weighted by atomic mass is 16.5. The van der Waals surface area contributed by atoms with Gasteiger partial charge in [0.15, 0.2) is 0 Å². The molecule has 1 saturated carbocycles. The van der Waals surface area contributed by atoms with Crippen molar-refractivity contribution < 1.29 is 14.6 Å². The Morgan fingerprint density at radius 1 is 1.28 bits per heavy atom. The maximum absolute atomic E-state index is 11.1. The summed E-state index contributed by atoms with van der Waals surface area (Å²) in [5.74, 6) is -0.666. The second-order valence-electron chi connectivity index (χ2n) is 5.48. The number of carboxylic acid groups (broad SMARTS) is 1. The molecule has 0 bridgehead atoms. The molecule has 0 atom stereocenters. The fraction of sp³-hybridized carbons (Fsp3) is 0.929. The van der Waals surface area contributed by atoms with E-state index < -0.39 is 5.97 Å². The van der Waals surface area contributed by atoms with Crippen LogP contribution in [0.15, 0.2) is 0 Å². The summed E-state index contributed by atoms with van der Waals surface area (Å²) < 4.78 is 5.05. The van der Waals surface area contributed by atoms with Crippen molar-refractivity contribution in [3.63, 3.8) is 0 Å². The average molecular weight is 257 g/mol. The lowest BCUT2D eigenvalue weighted by atomic mass is 9.78. The van der Waals surface area contributed by atoms with E-state index in [1.54, 1.807) is 7.11 Å². The molecule has 0 aromatic rings. The van der Waals surface area contributed by atoms with Gasteiger partial charge in [0, 0.05) is 19.3 Å². The van der Waals surface area contributed by atoms with Crippen molar-refractivity contribution in [2.75, 3.05) is 27.3 Å². The minimum Gasteiger partial charge on any atom is -0.481 e. The standard InChI is InChI=1S/C14H27NO3/c1-15(10-6-7-11-18-2)14(12-13(16)17)8-4-3-5-9-14/h3-12H2,1-2H3,(H,16,17). The fourth-order valence-electron chi connectivity index (χ4n) is 3.02. The number of nitrogens with zero attached hydrogens (tertiary/aromatic N) is 1. The number of hydrogen-bond acceptors (Lipinski definition) is 3. The second kappa shape index (κ2) is 7.74. The molecule has 1 aliphatic rings. The minimum atomic E-state index is -0.666. The number of ether oxygens (including phenoxy) is 1. The Kier molecular flexibility index (Phi) is 6.65. The van der Waals surface area contributed by atoms with Crippen LogP contribution in [-0.2, 0) is 9.53 Å². The van der Waals surface area contributed by atoms with Crippen LogP contribution in [0, 0.1) is 0 Å². The first kappa shape index (κ1) is 15.4. The van der Waals surface area contributed by atoms with Gasteiger partial charge in [-0.1, -0.05) is 19.3 Å². The Balaban J connectivity index is 2.50. The van der Waals surface area contributed by atoms with Gasteiger partial charge in [0.1, 0.15) is 0 Å². The summed E-state index contributed by atoms with van der Waals surface area (Å²) in [4.78, 5) is 13.4. The zero-order valence-electron chi connectivity index (χ0n) is 11.8. The van der Waals surface area contributed by atoms with Gasteiger partial charge in [-0.3, -0.25) is 4.79 Å². The predicted octanol–water partition coefficient (Wildman–Crippen LogP) is 2.52. The Labute approximate surface area is 110 Å². The third kappa shape index (κ3) is 4.58. The van der Waals surface area contributed by atoms with E-state index in [2.05, 4.69) is 11.9 Å². The van der Waals surface area contributed by atoms with Crippen LogP contribution in [0.2, 0.25) is 0 Å². The van der Waals surface area contributed by atoms with Crippen molar-refractivity contribution >= 4 is 5.97 Å². The molecule has 4 heteroatoms. The summed E-state index contributed by atoms with van der Waals surface area (Å²) in [6.07, 6.45) is 8.04. The summed E-state index contributed by atoms with van der Waals surface area (Å²) in [6.45, 7) is 1.76. The van der Waals surface area contributed by atoms with E-state index in [9.17, 15) is 4.79 Å². The van der Waals surface area contributed by atoms with Crippen LogP contribution in [0.4, 0.5) is 0 Å². The molecule has 106 valence electrons. The van der Waals surface area contributed by atoms with E-state index in [0.29, 0.717) is 0 Å². The van der Waals surface area contributed by atoms with E-state index in [4.69, 9.17) is 9.84 Å². The molecule has 18 heavy (non-hydrogen) atoms. The Hall–Kier alpha value is -0.610. The zero-order chi connectivity index (χ0) is 13.4. The van der Waals surface area contributed by atoms with Gasteiger partial charge in [0.05, 0.1) is 6.42 Å². The van der Waals surface area contributed by atoms with Gasteiger partial charge in [-0.25, -0.2) is 0 Å². The molecule has 1 N–H and O–H groups in total. The highest BCUT2D eigenvalue weighted by molar-refractivity contribution is 5.68. The van der Waals surface area contributed by atoms with Crippen LogP contribution in [-0.4, -0.2) is 48.8 Å². The maximum Gasteiger partial charge on any atom is 0.305 e. The number of carboxylic acids is 1. The van der Waals surface area contributed by atoms with Crippen molar-refractivity contribution in [3.8, 4) is 0 Å². The lowest BCUT2D eigenvalue weighted by molar-refractivity contribution is -0.141. The molecule has 0 amide bonds. The fourth-order valence-corrected chi connectivity index (χ4v) is 3.02. The topological polar surface area (TPSA) is 49.8 Å². The number of methoxy groups -OCH3 is 1. The molecule has 0 radical (unpaired) electrons. The van der Waals surface area contributed by atoms with Crippen molar-refractivity contribution in [3.05, 3.63) is 0 Å². The third-order valence-electron chi connectivity index (χ3n) is 4.17. The summed E-state index contributed by atoms with van der Waals surface area (Å²) in [7, 11) is 3.80. The number of aliphatic carboxylic acids is 1. The summed E-state index contributed by atoms with van der Waals surface area (Å²) >= 11 is 0. The van der Waals surface area contributed by atoms with E-state index >= 15 is 0 Å². The van der Waals surface area contributed by atoms with E-state index in [0.717, 1.165) is 51.7 Å². The van der Waals surface area contributed by atoms with E-state index in [-0.39, 0.29) is 12.0 Å². The second-order valence-corrected chi connectivity index (χ2v) is 5.48. The minimum absolute atomic E-state index is 0.100. The maximum atomic E-state index is 11.1. The van der Waals surface area contributed by atoms with Gasteiger partial charge in [0.2, 0.25) is 0 Å². The normalized spacial score (nSPS) is 19.1. The van der Waals surface area contributed by atoms with Gasteiger partial charge in [-0.15, -0.1) is 0 Å². The quantitative estimate of drug-likeness (QED) is 0.679. The third-order valence-corrected chi connectivity index (χ3v) is 4.17. The average Bonchev–Trinajstić information content (AvgIpc) is 2.34. The number of rotatable bonds is 8. The zero-order valence-corrected chi connectivity index (χ0v) is 11.8. The van der Waals surface area contributed by atoms with Gasteiger partial charge < -0.3 is 14.7 Å². The highest BCUT2D eigenvalue weighted by Gasteiger charge is 2.37. The molecule has 0 heterocycles. The van der Waals surface area contributed by atoms with Gasteiger partial charge in [-0.2, -0.15) is 0 Å². The molecule has 0 unspecified atom stereocenters. The van der Waals surface area contributed by atoms with Crippen LogP contribution in [0.3, 0.4) is 0 Å². The van der Waals surface area contributed by atoms with Crippen molar-refractivity contribution in [2.45, 2.75) is 56.9 Å². The lowest BCUT2D eigenvalue weighted by Crippen LogP contribution is -2.49. The molecule has 0 aromatic carbocycles. The molecule has 0 spiro atoms. The van der Waals surface area contributed by atoms with Crippen LogP contribution in [0.1, 0.15) is 51.4 Å². The molecule has 1 fully saturated rings. The Morgan fingerprint density at radius 3 is 2.50 bits per heavy atom. The van der Waals surface area contributed by atoms with Gasteiger partial charge in [-0.05, 0) is 39.3 Å². The Morgan fingerprint density at radius 2 is 1.94 bits per heavy atom. The predicted molar refractivity (Wildman–Crippen MR) is 71.8 cm³/mol. The van der Waals surface area contributed by atoms with E-state index in [1.807, 2.05) is 0 Å². The number of hydrogen-bond donors (Lipinski definition) is 1. The van der Waals surface area contributed by atoms with E-state index in [1.165, 1.54) is 6.42 Å². The summed E-state index contributed by atoms with van der Waals surface area (Å²) in [5, 5.41) is 9.14. The molecule has 0 saturated heterocycles. The summed E-state index contributed by atoms with van der Waals surface area (Å²) in [5.41, 5.74) is -0.100. The molecular weight excluding hydrogens is 230 g/mol. The molecule has 4 nitrogen and oxygen atoms in total. The molecular formula is C14H27NO3. The number of unbranched alkanes of at least 4 members (excludes halogenated alkanes) is 1. The molecule has 1 aliphatic carbocycles. The van der Waals surface area contributed by atoms with Gasteiger partial charge in [0.25, 0.3) is 0 Å². The van der Waals surface area contributed by atoms with Crippen LogP contribution < -0.4 is 0 Å². The van der Waals surface area contributed by atoms with Crippen LogP contribution in [0.5, 0.6) is 0 Å². The largest absolute Gasteiger partial charge is 0.481 e. The van der Waals surface area contributed by atoms with Crippen molar-refractivity contribution in [1.29, 1.82) is 0 Å². The monoisotopic (exact) mass is 257 g/mol. The van der Waals surface area contributed by atoms with Crippen LogP contribution >= 0.6 is 0 Å². The highest BCUT2D eigenvalue weighted by Crippen LogP contribution is 2.35. The molecule has 0 aliphatic heterocycles.